The van der Waals surface area contributed by atoms with Crippen molar-refractivity contribution in [3.05, 3.63) is 40.7 Å². The van der Waals surface area contributed by atoms with Crippen LogP contribution in [0.15, 0.2) is 24.4 Å². The lowest BCUT2D eigenvalue weighted by atomic mass is 10.0. The molecule has 1 fully saturated rings. The average molecular weight is 276 g/mol. The summed E-state index contributed by atoms with van der Waals surface area (Å²) in [5.41, 5.74) is 4.53. The monoisotopic (exact) mass is 275 g/mol. The fourth-order valence-corrected chi connectivity index (χ4v) is 2.50. The van der Waals surface area contributed by atoms with E-state index >= 15 is 0 Å². The first-order chi connectivity index (χ1) is 9.15. The van der Waals surface area contributed by atoms with Gasteiger partial charge in [0, 0.05) is 41.5 Å². The third-order valence-corrected chi connectivity index (χ3v) is 4.04. The van der Waals surface area contributed by atoms with Crippen molar-refractivity contribution in [2.45, 2.75) is 32.4 Å². The minimum Gasteiger partial charge on any atom is -0.310 e. The van der Waals surface area contributed by atoms with Crippen LogP contribution >= 0.6 is 11.6 Å². The number of nitrogens with zero attached hydrogens (tertiary/aromatic N) is 2. The van der Waals surface area contributed by atoms with E-state index in [-0.39, 0.29) is 0 Å². The van der Waals surface area contributed by atoms with E-state index < -0.39 is 0 Å². The molecular weight excluding hydrogens is 258 g/mol. The second kappa shape index (κ2) is 4.99. The number of benzene rings is 1. The topological polar surface area (TPSA) is 29.9 Å². The van der Waals surface area contributed by atoms with Crippen molar-refractivity contribution in [2.24, 2.45) is 7.05 Å². The third kappa shape index (κ3) is 2.67. The number of aromatic nitrogens is 2. The minimum atomic E-state index is 0.721. The zero-order valence-corrected chi connectivity index (χ0v) is 12.0. The molecule has 0 amide bonds. The van der Waals surface area contributed by atoms with Crippen molar-refractivity contribution in [3.63, 3.8) is 0 Å². The van der Waals surface area contributed by atoms with Crippen LogP contribution in [0.4, 0.5) is 0 Å². The molecule has 0 saturated heterocycles. The molecule has 0 radical (unpaired) electrons. The Hall–Kier alpha value is -1.32. The fourth-order valence-electron chi connectivity index (χ4n) is 2.20. The van der Waals surface area contributed by atoms with Crippen LogP contribution in [0.5, 0.6) is 0 Å². The number of halogens is 1. The van der Waals surface area contributed by atoms with Crippen LogP contribution in [-0.4, -0.2) is 15.8 Å². The van der Waals surface area contributed by atoms with Crippen molar-refractivity contribution in [3.8, 4) is 11.1 Å². The van der Waals surface area contributed by atoms with E-state index in [1.54, 1.807) is 0 Å². The molecule has 0 atom stereocenters. The predicted molar refractivity (Wildman–Crippen MR) is 78.3 cm³/mol. The highest BCUT2D eigenvalue weighted by molar-refractivity contribution is 6.33. The Balaban J connectivity index is 1.84. The molecular formula is C15H18ClN3. The van der Waals surface area contributed by atoms with Gasteiger partial charge in [-0.3, -0.25) is 4.68 Å². The maximum Gasteiger partial charge on any atom is 0.0571 e. The van der Waals surface area contributed by atoms with Gasteiger partial charge >= 0.3 is 0 Å². The van der Waals surface area contributed by atoms with Gasteiger partial charge in [-0.1, -0.05) is 23.7 Å². The van der Waals surface area contributed by atoms with Gasteiger partial charge in [0.1, 0.15) is 0 Å². The van der Waals surface area contributed by atoms with Crippen molar-refractivity contribution >= 4 is 11.6 Å². The van der Waals surface area contributed by atoms with Crippen molar-refractivity contribution in [2.75, 3.05) is 0 Å². The number of aryl methyl sites for hydroxylation is 1. The molecule has 0 unspecified atom stereocenters. The highest BCUT2D eigenvalue weighted by Crippen LogP contribution is 2.31. The third-order valence-electron chi connectivity index (χ3n) is 3.73. The standard InChI is InChI=1S/C15H18ClN3/c1-10-14(9-18-19(10)2)13-6-3-11(7-15(13)16)8-17-12-4-5-12/h3,6-7,9,12,17H,4-5,8H2,1-2H3. The summed E-state index contributed by atoms with van der Waals surface area (Å²) in [5, 5.41) is 8.57. The van der Waals surface area contributed by atoms with Crippen molar-refractivity contribution in [1.82, 2.24) is 15.1 Å². The minimum absolute atomic E-state index is 0.721. The Morgan fingerprint density at radius 3 is 2.74 bits per heavy atom. The Bertz CT molecular complexity index is 599. The molecule has 3 nitrogen and oxygen atoms in total. The molecule has 1 saturated carbocycles. The van der Waals surface area contributed by atoms with E-state index in [0.29, 0.717) is 0 Å². The first-order valence-corrected chi connectivity index (χ1v) is 7.03. The van der Waals surface area contributed by atoms with Crippen LogP contribution in [0.25, 0.3) is 11.1 Å². The molecule has 0 bridgehead atoms. The summed E-state index contributed by atoms with van der Waals surface area (Å²) in [6.45, 7) is 2.96. The molecule has 1 aliphatic rings. The summed E-state index contributed by atoms with van der Waals surface area (Å²) in [6.07, 6.45) is 4.49. The van der Waals surface area contributed by atoms with Gasteiger partial charge in [-0.25, -0.2) is 0 Å². The highest BCUT2D eigenvalue weighted by atomic mass is 35.5. The van der Waals surface area contributed by atoms with Gasteiger partial charge in [0.2, 0.25) is 0 Å². The maximum atomic E-state index is 6.41. The van der Waals surface area contributed by atoms with E-state index in [4.69, 9.17) is 11.6 Å². The smallest absolute Gasteiger partial charge is 0.0571 e. The highest BCUT2D eigenvalue weighted by Gasteiger charge is 2.20. The largest absolute Gasteiger partial charge is 0.310 e. The van der Waals surface area contributed by atoms with Gasteiger partial charge in [-0.2, -0.15) is 5.10 Å². The van der Waals surface area contributed by atoms with Gasteiger partial charge in [-0.05, 0) is 31.4 Å². The van der Waals surface area contributed by atoms with Crippen LogP contribution in [0, 0.1) is 6.92 Å². The molecule has 1 aliphatic carbocycles. The SMILES string of the molecule is Cc1c(-c2ccc(CNC3CC3)cc2Cl)cnn1C. The van der Waals surface area contributed by atoms with Gasteiger partial charge < -0.3 is 5.32 Å². The van der Waals surface area contributed by atoms with Gasteiger partial charge in [0.25, 0.3) is 0 Å². The lowest BCUT2D eigenvalue weighted by molar-refractivity contribution is 0.688. The summed E-state index contributed by atoms with van der Waals surface area (Å²) >= 11 is 6.41. The van der Waals surface area contributed by atoms with E-state index in [0.717, 1.165) is 34.4 Å². The first kappa shape index (κ1) is 12.7. The lowest BCUT2D eigenvalue weighted by Gasteiger charge is -2.08. The van der Waals surface area contributed by atoms with E-state index in [1.165, 1.54) is 18.4 Å². The fraction of sp³-hybridized carbons (Fsp3) is 0.400. The summed E-state index contributed by atoms with van der Waals surface area (Å²) in [7, 11) is 1.95. The zero-order valence-electron chi connectivity index (χ0n) is 11.3. The van der Waals surface area contributed by atoms with Gasteiger partial charge in [0.05, 0.1) is 6.20 Å². The van der Waals surface area contributed by atoms with Gasteiger partial charge in [0.15, 0.2) is 0 Å². The van der Waals surface area contributed by atoms with Crippen LogP contribution in [-0.2, 0) is 13.6 Å². The number of nitrogens with one attached hydrogen (secondary N) is 1. The van der Waals surface area contributed by atoms with E-state index in [9.17, 15) is 0 Å². The molecule has 0 aliphatic heterocycles. The van der Waals surface area contributed by atoms with Crippen molar-refractivity contribution < 1.29 is 0 Å². The second-order valence-corrected chi connectivity index (χ2v) is 5.64. The Kier molecular flexibility index (Phi) is 3.33. The summed E-state index contributed by atoms with van der Waals surface area (Å²) in [4.78, 5) is 0. The van der Waals surface area contributed by atoms with Crippen molar-refractivity contribution in [1.29, 1.82) is 0 Å². The molecule has 19 heavy (non-hydrogen) atoms. The lowest BCUT2D eigenvalue weighted by Crippen LogP contribution is -2.15. The Labute approximate surface area is 118 Å². The molecule has 1 heterocycles. The number of hydrogen-bond acceptors (Lipinski definition) is 2. The zero-order chi connectivity index (χ0) is 13.4. The van der Waals surface area contributed by atoms with E-state index in [2.05, 4.69) is 35.5 Å². The molecule has 4 heteroatoms. The number of hydrogen-bond donors (Lipinski definition) is 1. The van der Waals surface area contributed by atoms with Crippen LogP contribution in [0.1, 0.15) is 24.1 Å². The normalized spacial score (nSPS) is 14.9. The Morgan fingerprint density at radius 2 is 2.16 bits per heavy atom. The van der Waals surface area contributed by atoms with Crippen LogP contribution in [0.3, 0.4) is 0 Å². The summed E-state index contributed by atoms with van der Waals surface area (Å²) in [6, 6.07) is 7.01. The van der Waals surface area contributed by atoms with Gasteiger partial charge in [-0.15, -0.1) is 0 Å². The number of rotatable bonds is 4. The molecule has 100 valence electrons. The Morgan fingerprint density at radius 1 is 1.37 bits per heavy atom. The molecule has 0 spiro atoms. The summed E-state index contributed by atoms with van der Waals surface area (Å²) in [5.74, 6) is 0. The molecule has 1 N–H and O–H groups in total. The molecule has 1 aromatic heterocycles. The first-order valence-electron chi connectivity index (χ1n) is 6.66. The van der Waals surface area contributed by atoms with E-state index in [1.807, 2.05) is 17.9 Å². The molecule has 2 aromatic rings. The second-order valence-electron chi connectivity index (χ2n) is 5.24. The average Bonchev–Trinajstić information content (AvgIpc) is 3.16. The molecule has 1 aromatic carbocycles. The van der Waals surface area contributed by atoms with Crippen LogP contribution < -0.4 is 5.32 Å². The maximum absolute atomic E-state index is 6.41. The van der Waals surface area contributed by atoms with Crippen LogP contribution in [0.2, 0.25) is 5.02 Å². The molecule has 3 rings (SSSR count). The summed E-state index contributed by atoms with van der Waals surface area (Å²) < 4.78 is 1.87. The predicted octanol–water partition coefficient (Wildman–Crippen LogP) is 3.30. The quantitative estimate of drug-likeness (QED) is 0.928.